The number of carbonyl (C=O) groups is 2. The van der Waals surface area contributed by atoms with Gasteiger partial charge in [0.2, 0.25) is 5.91 Å². The Morgan fingerprint density at radius 2 is 2.16 bits per heavy atom. The highest BCUT2D eigenvalue weighted by atomic mass is 19.1. The fraction of sp³-hybridized carbons (Fsp3) is 0.286. The molecule has 2 N–H and O–H groups in total. The molecule has 4 nitrogen and oxygen atoms in total. The summed E-state index contributed by atoms with van der Waals surface area (Å²) in [6, 6.07) is 4.12. The first-order valence-electron chi connectivity index (χ1n) is 5.72. The molecule has 0 saturated heterocycles. The van der Waals surface area contributed by atoms with Crippen molar-refractivity contribution in [1.29, 1.82) is 0 Å². The summed E-state index contributed by atoms with van der Waals surface area (Å²) in [4.78, 5) is 21.2. The second-order valence-electron chi connectivity index (χ2n) is 3.91. The largest absolute Gasteiger partial charge is 0.481 e. The van der Waals surface area contributed by atoms with E-state index >= 15 is 0 Å². The molecule has 0 bridgehead atoms. The van der Waals surface area contributed by atoms with Crippen LogP contribution in [0.5, 0.6) is 0 Å². The predicted molar refractivity (Wildman–Crippen MR) is 67.9 cm³/mol. The van der Waals surface area contributed by atoms with Gasteiger partial charge in [-0.15, -0.1) is 0 Å². The van der Waals surface area contributed by atoms with Gasteiger partial charge in [-0.05, 0) is 18.2 Å². The minimum atomic E-state index is -1.09. The maximum atomic E-state index is 13.3. The van der Waals surface area contributed by atoms with Gasteiger partial charge in [0.1, 0.15) is 5.82 Å². The quantitative estimate of drug-likeness (QED) is 0.636. The third-order valence-corrected chi connectivity index (χ3v) is 2.24. The zero-order valence-electron chi connectivity index (χ0n) is 10.5. The van der Waals surface area contributed by atoms with Gasteiger partial charge in [0.15, 0.2) is 0 Å². The van der Waals surface area contributed by atoms with Crippen LogP contribution in [0.2, 0.25) is 0 Å². The molecule has 1 aromatic rings. The molecule has 0 aliphatic carbocycles. The van der Waals surface area contributed by atoms with Crippen molar-refractivity contribution >= 4 is 11.9 Å². The molecule has 1 aromatic carbocycles. The minimum Gasteiger partial charge on any atom is -0.481 e. The van der Waals surface area contributed by atoms with Crippen LogP contribution in [0.15, 0.2) is 18.2 Å². The van der Waals surface area contributed by atoms with Gasteiger partial charge >= 0.3 is 5.97 Å². The van der Waals surface area contributed by atoms with Gasteiger partial charge in [-0.2, -0.15) is 0 Å². The molecule has 0 heterocycles. The molecule has 100 valence electrons. The Morgan fingerprint density at radius 3 is 2.79 bits per heavy atom. The third kappa shape index (κ3) is 5.68. The van der Waals surface area contributed by atoms with Crippen LogP contribution in [-0.4, -0.2) is 23.5 Å². The number of halogens is 1. The molecule has 0 saturated carbocycles. The van der Waals surface area contributed by atoms with Crippen LogP contribution < -0.4 is 5.32 Å². The average Bonchev–Trinajstić information content (AvgIpc) is 2.31. The first kappa shape index (κ1) is 14.7. The first-order valence-corrected chi connectivity index (χ1v) is 5.72. The lowest BCUT2D eigenvalue weighted by atomic mass is 10.1. The maximum Gasteiger partial charge on any atom is 0.307 e. The van der Waals surface area contributed by atoms with Crippen LogP contribution in [0, 0.1) is 17.7 Å². The normalized spacial score (nSPS) is 9.37. The highest BCUT2D eigenvalue weighted by Crippen LogP contribution is 2.10. The third-order valence-electron chi connectivity index (χ3n) is 2.24. The molecule has 5 heteroatoms. The molecular weight excluding hydrogens is 249 g/mol. The number of carboxylic acids is 1. The molecule has 0 fully saturated rings. The number of hydrogen-bond donors (Lipinski definition) is 2. The topological polar surface area (TPSA) is 66.4 Å². The zero-order valence-corrected chi connectivity index (χ0v) is 10.5. The average molecular weight is 263 g/mol. The van der Waals surface area contributed by atoms with Crippen LogP contribution in [0.4, 0.5) is 4.39 Å². The summed E-state index contributed by atoms with van der Waals surface area (Å²) in [5.74, 6) is 3.86. The highest BCUT2D eigenvalue weighted by molar-refractivity contribution is 5.72. The Morgan fingerprint density at radius 1 is 1.42 bits per heavy atom. The first-order chi connectivity index (χ1) is 8.99. The lowest BCUT2D eigenvalue weighted by Gasteiger charge is -2.00. The van der Waals surface area contributed by atoms with E-state index in [1.165, 1.54) is 25.1 Å². The lowest BCUT2D eigenvalue weighted by molar-refractivity contribution is -0.136. The maximum absolute atomic E-state index is 13.3. The van der Waals surface area contributed by atoms with Gasteiger partial charge < -0.3 is 10.4 Å². The van der Waals surface area contributed by atoms with E-state index in [2.05, 4.69) is 17.2 Å². The second kappa shape index (κ2) is 7.17. The van der Waals surface area contributed by atoms with Crippen LogP contribution >= 0.6 is 0 Å². The molecule has 0 atom stereocenters. The Kier molecular flexibility index (Phi) is 5.55. The van der Waals surface area contributed by atoms with Crippen molar-refractivity contribution in [1.82, 2.24) is 5.32 Å². The number of aliphatic carboxylic acids is 1. The van der Waals surface area contributed by atoms with Crippen LogP contribution in [0.1, 0.15) is 24.5 Å². The second-order valence-corrected chi connectivity index (χ2v) is 3.91. The van der Waals surface area contributed by atoms with Crippen molar-refractivity contribution in [2.75, 3.05) is 6.54 Å². The number of rotatable bonds is 4. The standard InChI is InChI=1S/C14H14FNO3/c1-10(17)16-7-3-2-4-11-5-6-13(15)12(8-11)9-14(18)19/h5-6,8H,3,7,9H2,1H3,(H,16,17)(H,18,19). The minimum absolute atomic E-state index is 0.112. The monoisotopic (exact) mass is 263 g/mol. The van der Waals surface area contributed by atoms with Gasteiger partial charge in [-0.3, -0.25) is 9.59 Å². The molecule has 0 unspecified atom stereocenters. The number of carbonyl (C=O) groups excluding carboxylic acids is 1. The Hall–Kier alpha value is -2.35. The fourth-order valence-corrected chi connectivity index (χ4v) is 1.42. The van der Waals surface area contributed by atoms with E-state index in [1.54, 1.807) is 0 Å². The molecule has 1 amide bonds. The van der Waals surface area contributed by atoms with E-state index in [0.717, 1.165) is 0 Å². The smallest absolute Gasteiger partial charge is 0.307 e. The number of nitrogens with one attached hydrogen (secondary N) is 1. The molecule has 1 rings (SSSR count). The van der Waals surface area contributed by atoms with Gasteiger partial charge in [-0.25, -0.2) is 4.39 Å². The summed E-state index contributed by atoms with van der Waals surface area (Å²) in [7, 11) is 0. The van der Waals surface area contributed by atoms with Crippen molar-refractivity contribution in [3.05, 3.63) is 35.1 Å². The van der Waals surface area contributed by atoms with Crippen molar-refractivity contribution in [2.24, 2.45) is 0 Å². The molecule has 0 spiro atoms. The van der Waals surface area contributed by atoms with Gasteiger partial charge in [0.25, 0.3) is 0 Å². The van der Waals surface area contributed by atoms with E-state index in [0.29, 0.717) is 18.5 Å². The van der Waals surface area contributed by atoms with Gasteiger partial charge in [0, 0.05) is 31.0 Å². The van der Waals surface area contributed by atoms with E-state index < -0.39 is 11.8 Å². The van der Waals surface area contributed by atoms with Gasteiger partial charge in [0.05, 0.1) is 6.42 Å². The summed E-state index contributed by atoms with van der Waals surface area (Å²) in [5.41, 5.74) is 0.668. The Labute approximate surface area is 110 Å². The predicted octanol–water partition coefficient (Wildman–Crippen LogP) is 1.33. The number of hydrogen-bond acceptors (Lipinski definition) is 2. The molecule has 0 aromatic heterocycles. The van der Waals surface area contributed by atoms with Crippen LogP contribution in [0.25, 0.3) is 0 Å². The number of carboxylic acid groups (broad SMARTS) is 1. The van der Waals surface area contributed by atoms with Crippen molar-refractivity contribution in [3.63, 3.8) is 0 Å². The Bertz CT molecular complexity index is 543. The van der Waals surface area contributed by atoms with E-state index in [9.17, 15) is 14.0 Å². The van der Waals surface area contributed by atoms with E-state index in [1.807, 2.05) is 0 Å². The summed E-state index contributed by atoms with van der Waals surface area (Å²) in [6.07, 6.45) is 0.110. The van der Waals surface area contributed by atoms with Crippen LogP contribution in [0.3, 0.4) is 0 Å². The van der Waals surface area contributed by atoms with Crippen molar-refractivity contribution in [3.8, 4) is 11.8 Å². The lowest BCUT2D eigenvalue weighted by Crippen LogP contribution is -2.20. The summed E-state index contributed by atoms with van der Waals surface area (Å²) < 4.78 is 13.3. The van der Waals surface area contributed by atoms with E-state index in [4.69, 9.17) is 5.11 Å². The molecule has 0 aliphatic heterocycles. The summed E-state index contributed by atoms with van der Waals surface area (Å²) in [5, 5.41) is 11.2. The highest BCUT2D eigenvalue weighted by Gasteiger charge is 2.06. The molecular formula is C14H14FNO3. The van der Waals surface area contributed by atoms with E-state index in [-0.39, 0.29) is 17.9 Å². The number of benzene rings is 1. The molecule has 0 aliphatic rings. The fourth-order valence-electron chi connectivity index (χ4n) is 1.42. The van der Waals surface area contributed by atoms with Gasteiger partial charge in [-0.1, -0.05) is 11.8 Å². The zero-order chi connectivity index (χ0) is 14.3. The number of amides is 1. The Balaban J connectivity index is 2.66. The van der Waals surface area contributed by atoms with Crippen LogP contribution in [-0.2, 0) is 16.0 Å². The molecule has 0 radical (unpaired) electrons. The molecule has 19 heavy (non-hydrogen) atoms. The van der Waals surface area contributed by atoms with Crippen molar-refractivity contribution < 1.29 is 19.1 Å². The summed E-state index contributed by atoms with van der Waals surface area (Å²) >= 11 is 0. The SMILES string of the molecule is CC(=O)NCCC#Cc1ccc(F)c(CC(=O)O)c1. The summed E-state index contributed by atoms with van der Waals surface area (Å²) in [6.45, 7) is 1.87. The van der Waals surface area contributed by atoms with Crippen molar-refractivity contribution in [2.45, 2.75) is 19.8 Å².